The molecule has 1 unspecified atom stereocenters. The molecular weight excluding hydrogens is 453 g/mol. The van der Waals surface area contributed by atoms with Crippen LogP contribution < -0.4 is 4.72 Å². The van der Waals surface area contributed by atoms with Gasteiger partial charge in [0.2, 0.25) is 0 Å². The van der Waals surface area contributed by atoms with Gasteiger partial charge in [-0.15, -0.1) is 0 Å². The first-order valence-electron chi connectivity index (χ1n) is 11.8. The maximum Gasteiger partial charge on any atom is 0.157 e. The molecule has 1 heterocycles. The minimum atomic E-state index is -1.11. The molecule has 2 atom stereocenters. The van der Waals surface area contributed by atoms with Crippen LogP contribution in [0, 0.1) is 0 Å². The molecule has 1 aliphatic carbocycles. The Balaban J connectivity index is 0.00000166. The topological polar surface area (TPSA) is 47.6 Å². The van der Waals surface area contributed by atoms with Gasteiger partial charge in [-0.2, -0.15) is 0 Å². The van der Waals surface area contributed by atoms with E-state index in [0.717, 1.165) is 58.2 Å². The molecule has 1 aromatic rings. The van der Waals surface area contributed by atoms with E-state index in [2.05, 4.69) is 10.8 Å². The standard InChI is InChI=1S/C22H33Cl2NO3S.C2H6/c1-16(2)29(26)25-20(9-10-21-27-13-6-14-28-21)22(11-4-3-5-12-22)17-7-8-18(23)19(24)15-17;1-2/h7-8,15-16,20-21,25H,3-6,9-14H2,1-2H3;1-2H3/t20?,29-;/m1./s1. The zero-order valence-corrected chi connectivity index (χ0v) is 21.8. The monoisotopic (exact) mass is 491 g/mol. The van der Waals surface area contributed by atoms with E-state index >= 15 is 0 Å². The third kappa shape index (κ3) is 7.41. The quantitative estimate of drug-likeness (QED) is 0.434. The van der Waals surface area contributed by atoms with E-state index < -0.39 is 11.0 Å². The van der Waals surface area contributed by atoms with E-state index in [1.54, 1.807) is 0 Å². The highest BCUT2D eigenvalue weighted by molar-refractivity contribution is 7.83. The fourth-order valence-corrected chi connectivity index (χ4v) is 5.75. The van der Waals surface area contributed by atoms with E-state index in [-0.39, 0.29) is 23.0 Å². The minimum Gasteiger partial charge on any atom is -0.353 e. The Morgan fingerprint density at radius 3 is 2.29 bits per heavy atom. The van der Waals surface area contributed by atoms with E-state index in [1.165, 1.54) is 12.0 Å². The predicted molar refractivity (Wildman–Crippen MR) is 132 cm³/mol. The van der Waals surface area contributed by atoms with E-state index in [0.29, 0.717) is 10.0 Å². The highest BCUT2D eigenvalue weighted by atomic mass is 35.5. The molecule has 0 bridgehead atoms. The molecule has 1 N–H and O–H groups in total. The Kier molecular flexibility index (Phi) is 11.8. The summed E-state index contributed by atoms with van der Waals surface area (Å²) < 4.78 is 27.9. The summed E-state index contributed by atoms with van der Waals surface area (Å²) in [5.74, 6) is 0. The van der Waals surface area contributed by atoms with Crippen LogP contribution in [0.25, 0.3) is 0 Å². The van der Waals surface area contributed by atoms with Crippen LogP contribution in [-0.4, -0.2) is 35.0 Å². The van der Waals surface area contributed by atoms with Crippen molar-refractivity contribution in [1.29, 1.82) is 0 Å². The van der Waals surface area contributed by atoms with E-state index in [1.807, 2.05) is 39.8 Å². The van der Waals surface area contributed by atoms with Gasteiger partial charge in [-0.3, -0.25) is 0 Å². The molecule has 0 spiro atoms. The number of hydrogen-bond acceptors (Lipinski definition) is 3. The first-order valence-corrected chi connectivity index (χ1v) is 13.7. The molecule has 3 rings (SSSR count). The normalized spacial score (nSPS) is 21.3. The summed E-state index contributed by atoms with van der Waals surface area (Å²) >= 11 is 12.6. The highest BCUT2D eigenvalue weighted by Crippen LogP contribution is 2.45. The first-order chi connectivity index (χ1) is 14.9. The average Bonchev–Trinajstić information content (AvgIpc) is 2.80. The molecule has 1 aliphatic heterocycles. The van der Waals surface area contributed by atoms with Gasteiger partial charge in [-0.25, -0.2) is 8.93 Å². The number of benzene rings is 1. The zero-order chi connectivity index (χ0) is 22.9. The SMILES string of the molecule is CC.CC(C)[S@@](=O)NC(CCC1OCCCO1)C1(c2ccc(Cl)c(Cl)c2)CCCCC1. The highest BCUT2D eigenvalue weighted by Gasteiger charge is 2.42. The van der Waals surface area contributed by atoms with Crippen LogP contribution >= 0.6 is 23.2 Å². The van der Waals surface area contributed by atoms with Crippen molar-refractivity contribution in [3.8, 4) is 0 Å². The van der Waals surface area contributed by atoms with Crippen LogP contribution in [-0.2, 0) is 25.9 Å². The molecule has 1 saturated heterocycles. The average molecular weight is 493 g/mol. The molecular formula is C24H39Cl2NO3S. The van der Waals surface area contributed by atoms with Gasteiger partial charge in [0, 0.05) is 16.7 Å². The predicted octanol–water partition coefficient (Wildman–Crippen LogP) is 6.80. The van der Waals surface area contributed by atoms with Gasteiger partial charge in [0.25, 0.3) is 0 Å². The van der Waals surface area contributed by atoms with Crippen molar-refractivity contribution >= 4 is 34.2 Å². The second kappa shape index (κ2) is 13.5. The van der Waals surface area contributed by atoms with Crippen molar-refractivity contribution in [2.24, 2.45) is 0 Å². The maximum atomic E-state index is 12.8. The summed E-state index contributed by atoms with van der Waals surface area (Å²) in [6.45, 7) is 9.47. The lowest BCUT2D eigenvalue weighted by atomic mass is 9.64. The Morgan fingerprint density at radius 1 is 1.06 bits per heavy atom. The lowest BCUT2D eigenvalue weighted by Gasteiger charge is -2.45. The number of nitrogens with one attached hydrogen (secondary N) is 1. The van der Waals surface area contributed by atoms with Gasteiger partial charge in [0.15, 0.2) is 6.29 Å². The van der Waals surface area contributed by atoms with Crippen LogP contribution in [0.1, 0.15) is 84.6 Å². The second-order valence-corrected chi connectivity index (χ2v) is 11.1. The number of rotatable bonds is 8. The second-order valence-electron chi connectivity index (χ2n) is 8.46. The van der Waals surface area contributed by atoms with Gasteiger partial charge >= 0.3 is 0 Å². The van der Waals surface area contributed by atoms with Gasteiger partial charge in [0.05, 0.1) is 34.2 Å². The fourth-order valence-electron chi connectivity index (χ4n) is 4.56. The van der Waals surface area contributed by atoms with Crippen LogP contribution in [0.2, 0.25) is 10.0 Å². The molecule has 31 heavy (non-hydrogen) atoms. The summed E-state index contributed by atoms with van der Waals surface area (Å²) in [6, 6.07) is 6.05. The summed E-state index contributed by atoms with van der Waals surface area (Å²) in [6.07, 6.45) is 8.04. The molecule has 2 aliphatic rings. The molecule has 0 amide bonds. The summed E-state index contributed by atoms with van der Waals surface area (Å²) in [7, 11) is -1.11. The number of halogens is 2. The van der Waals surface area contributed by atoms with Gasteiger partial charge in [-0.1, -0.05) is 62.4 Å². The third-order valence-electron chi connectivity index (χ3n) is 6.18. The molecule has 0 aromatic heterocycles. The third-order valence-corrected chi connectivity index (χ3v) is 8.29. The molecule has 1 saturated carbocycles. The molecule has 4 nitrogen and oxygen atoms in total. The fraction of sp³-hybridized carbons (Fsp3) is 0.750. The van der Waals surface area contributed by atoms with E-state index in [4.69, 9.17) is 32.7 Å². The van der Waals surface area contributed by atoms with Crippen molar-refractivity contribution in [2.75, 3.05) is 13.2 Å². The van der Waals surface area contributed by atoms with E-state index in [9.17, 15) is 4.21 Å². The van der Waals surface area contributed by atoms with Crippen molar-refractivity contribution in [3.63, 3.8) is 0 Å². The smallest absolute Gasteiger partial charge is 0.157 e. The van der Waals surface area contributed by atoms with Crippen molar-refractivity contribution in [1.82, 2.24) is 4.72 Å². The van der Waals surface area contributed by atoms with Crippen LogP contribution in [0.15, 0.2) is 18.2 Å². The van der Waals surface area contributed by atoms with Crippen molar-refractivity contribution in [2.45, 2.75) is 102 Å². The van der Waals surface area contributed by atoms with Gasteiger partial charge in [0.1, 0.15) is 0 Å². The molecule has 1 aromatic carbocycles. The minimum absolute atomic E-state index is 0.0501. The Hall–Kier alpha value is -0.170. The zero-order valence-electron chi connectivity index (χ0n) is 19.4. The summed E-state index contributed by atoms with van der Waals surface area (Å²) in [5, 5.41) is 1.20. The summed E-state index contributed by atoms with van der Waals surface area (Å²) in [4.78, 5) is 0. The van der Waals surface area contributed by atoms with Crippen molar-refractivity contribution in [3.05, 3.63) is 33.8 Å². The number of hydrogen-bond donors (Lipinski definition) is 1. The van der Waals surface area contributed by atoms with Gasteiger partial charge < -0.3 is 9.47 Å². The Morgan fingerprint density at radius 2 is 1.71 bits per heavy atom. The van der Waals surface area contributed by atoms with Crippen molar-refractivity contribution < 1.29 is 13.7 Å². The largest absolute Gasteiger partial charge is 0.353 e. The first kappa shape index (κ1) is 27.1. The van der Waals surface area contributed by atoms with Crippen LogP contribution in [0.4, 0.5) is 0 Å². The van der Waals surface area contributed by atoms with Crippen LogP contribution in [0.5, 0.6) is 0 Å². The lowest BCUT2D eigenvalue weighted by Crippen LogP contribution is -2.51. The molecule has 2 fully saturated rings. The Labute approximate surface area is 201 Å². The molecule has 178 valence electrons. The summed E-state index contributed by atoms with van der Waals surface area (Å²) in [5.41, 5.74) is 1.07. The number of ether oxygens (including phenoxy) is 2. The van der Waals surface area contributed by atoms with Crippen LogP contribution in [0.3, 0.4) is 0 Å². The van der Waals surface area contributed by atoms with Gasteiger partial charge in [-0.05, 0) is 63.6 Å². The molecule has 0 radical (unpaired) electrons. The molecule has 7 heteroatoms. The Bertz CT molecular complexity index is 689. The maximum absolute atomic E-state index is 12.8. The lowest BCUT2D eigenvalue weighted by molar-refractivity contribution is -0.182.